The minimum atomic E-state index is -0.597. The van der Waals surface area contributed by atoms with Crippen LogP contribution in [0, 0.1) is 31.6 Å². The normalized spacial score (nSPS) is 24.0. The monoisotopic (exact) mass is 472 g/mol. The number of esters is 1. The van der Waals surface area contributed by atoms with Crippen LogP contribution in [0.4, 0.5) is 11.4 Å². The molecule has 0 radical (unpaired) electrons. The van der Waals surface area contributed by atoms with E-state index in [9.17, 15) is 19.2 Å². The number of hydrogen-bond acceptors (Lipinski definition) is 5. The number of allylic oxidation sites excluding steroid dienone is 2. The second-order valence-corrected chi connectivity index (χ2v) is 9.81. The molecular weight excluding hydrogens is 444 g/mol. The molecule has 3 atom stereocenters. The Morgan fingerprint density at radius 3 is 2.43 bits per heavy atom. The summed E-state index contributed by atoms with van der Waals surface area (Å²) >= 11 is 0. The number of aryl methyl sites for hydroxylation is 2. The quantitative estimate of drug-likeness (QED) is 0.289. The summed E-state index contributed by atoms with van der Waals surface area (Å²) in [5, 5.41) is 0. The van der Waals surface area contributed by atoms with Gasteiger partial charge in [0.15, 0.2) is 0 Å². The Balaban J connectivity index is 1.29. The van der Waals surface area contributed by atoms with Crippen LogP contribution in [0.15, 0.2) is 54.1 Å². The molecule has 0 N–H and O–H groups in total. The zero-order valence-corrected chi connectivity index (χ0v) is 20.1. The van der Waals surface area contributed by atoms with Crippen molar-refractivity contribution in [1.29, 1.82) is 0 Å². The molecule has 3 amide bonds. The number of fused-ring (bicyclic) bond motifs is 1. The highest BCUT2D eigenvalue weighted by Gasteiger charge is 2.48. The molecule has 0 bridgehead atoms. The third-order valence-electron chi connectivity index (χ3n) is 7.38. The van der Waals surface area contributed by atoms with Gasteiger partial charge in [0.25, 0.3) is 0 Å². The first-order chi connectivity index (χ1) is 16.7. The van der Waals surface area contributed by atoms with Crippen molar-refractivity contribution in [3.05, 3.63) is 65.2 Å². The minimum Gasteiger partial charge on any atom is -0.426 e. The molecule has 0 spiro atoms. The van der Waals surface area contributed by atoms with Crippen molar-refractivity contribution in [2.24, 2.45) is 17.8 Å². The second kappa shape index (κ2) is 8.80. The molecule has 2 aliphatic heterocycles. The zero-order chi connectivity index (χ0) is 24.9. The third-order valence-corrected chi connectivity index (χ3v) is 7.38. The maximum absolute atomic E-state index is 13.0. The third kappa shape index (κ3) is 4.16. The summed E-state index contributed by atoms with van der Waals surface area (Å²) in [5.74, 6) is -2.07. The van der Waals surface area contributed by atoms with Crippen LogP contribution < -0.4 is 14.5 Å². The lowest BCUT2D eigenvalue weighted by Gasteiger charge is -2.19. The summed E-state index contributed by atoms with van der Waals surface area (Å²) in [6.07, 6.45) is 3.26. The fourth-order valence-corrected chi connectivity index (χ4v) is 5.19. The largest absolute Gasteiger partial charge is 0.426 e. The Bertz CT molecular complexity index is 1280. The van der Waals surface area contributed by atoms with Crippen molar-refractivity contribution < 1.29 is 23.9 Å². The molecule has 1 aliphatic carbocycles. The van der Waals surface area contributed by atoms with Gasteiger partial charge in [-0.05, 0) is 69.0 Å². The van der Waals surface area contributed by atoms with Crippen molar-refractivity contribution in [3.8, 4) is 5.75 Å². The molecule has 0 saturated carbocycles. The molecule has 2 heterocycles. The smallest absolute Gasteiger partial charge is 0.316 e. The number of rotatable bonds is 4. The lowest BCUT2D eigenvalue weighted by atomic mass is 9.82. The van der Waals surface area contributed by atoms with Crippen LogP contribution in [-0.2, 0) is 19.2 Å². The lowest BCUT2D eigenvalue weighted by molar-refractivity contribution is -0.139. The molecule has 35 heavy (non-hydrogen) atoms. The van der Waals surface area contributed by atoms with Crippen LogP contribution in [0.2, 0.25) is 0 Å². The van der Waals surface area contributed by atoms with E-state index in [1.54, 1.807) is 29.2 Å². The number of nitrogens with zero attached hydrogens (tertiary/aromatic N) is 2. The molecule has 2 fully saturated rings. The molecule has 2 aromatic carbocycles. The van der Waals surface area contributed by atoms with E-state index in [1.165, 1.54) is 4.90 Å². The van der Waals surface area contributed by atoms with Crippen LogP contribution in [0.1, 0.15) is 37.3 Å². The number of ether oxygens (including phenoxy) is 1. The number of imide groups is 1. The summed E-state index contributed by atoms with van der Waals surface area (Å²) in [6.45, 7) is 6.22. The highest BCUT2D eigenvalue weighted by molar-refractivity contribution is 6.22. The molecule has 7 heteroatoms. The Morgan fingerprint density at radius 1 is 0.886 bits per heavy atom. The van der Waals surface area contributed by atoms with Crippen molar-refractivity contribution in [2.45, 2.75) is 40.0 Å². The molecule has 180 valence electrons. The topological polar surface area (TPSA) is 84.0 Å². The van der Waals surface area contributed by atoms with Crippen molar-refractivity contribution in [2.75, 3.05) is 16.3 Å². The van der Waals surface area contributed by atoms with Gasteiger partial charge in [0.2, 0.25) is 17.7 Å². The van der Waals surface area contributed by atoms with Gasteiger partial charge in [-0.3, -0.25) is 19.2 Å². The predicted molar refractivity (Wildman–Crippen MR) is 131 cm³/mol. The van der Waals surface area contributed by atoms with Gasteiger partial charge in [-0.2, -0.15) is 0 Å². The number of hydrogen-bond donors (Lipinski definition) is 0. The van der Waals surface area contributed by atoms with E-state index in [1.807, 2.05) is 45.0 Å². The van der Waals surface area contributed by atoms with Crippen LogP contribution >= 0.6 is 0 Å². The predicted octanol–water partition coefficient (Wildman–Crippen LogP) is 4.11. The summed E-state index contributed by atoms with van der Waals surface area (Å²) < 4.78 is 5.60. The van der Waals surface area contributed by atoms with Crippen molar-refractivity contribution in [3.63, 3.8) is 0 Å². The number of benzene rings is 2. The summed E-state index contributed by atoms with van der Waals surface area (Å²) in [6, 6.07) is 12.3. The van der Waals surface area contributed by atoms with Gasteiger partial charge >= 0.3 is 5.97 Å². The fourth-order valence-electron chi connectivity index (χ4n) is 5.19. The van der Waals surface area contributed by atoms with Gasteiger partial charge in [0, 0.05) is 24.7 Å². The Hall–Kier alpha value is -3.74. The number of carbonyl (C=O) groups is 4. The lowest BCUT2D eigenvalue weighted by Crippen LogP contribution is -2.31. The van der Waals surface area contributed by atoms with Crippen LogP contribution in [0.5, 0.6) is 5.75 Å². The van der Waals surface area contributed by atoms with Crippen molar-refractivity contribution >= 4 is 35.1 Å². The van der Waals surface area contributed by atoms with E-state index in [-0.39, 0.29) is 48.3 Å². The first kappa shape index (κ1) is 23.0. The van der Waals surface area contributed by atoms with Gasteiger partial charge in [-0.1, -0.05) is 23.8 Å². The average molecular weight is 473 g/mol. The average Bonchev–Trinajstić information content (AvgIpc) is 3.33. The van der Waals surface area contributed by atoms with Gasteiger partial charge in [-0.25, -0.2) is 4.90 Å². The first-order valence-corrected chi connectivity index (χ1v) is 12.0. The van der Waals surface area contributed by atoms with E-state index < -0.39 is 11.9 Å². The van der Waals surface area contributed by atoms with E-state index in [0.29, 0.717) is 18.5 Å². The van der Waals surface area contributed by atoms with E-state index in [2.05, 4.69) is 0 Å². The maximum Gasteiger partial charge on any atom is 0.316 e. The molecule has 0 unspecified atom stereocenters. The Labute approximate surface area is 204 Å². The highest BCUT2D eigenvalue weighted by Crippen LogP contribution is 2.40. The minimum absolute atomic E-state index is 0.0737. The molecule has 2 aromatic rings. The van der Waals surface area contributed by atoms with Gasteiger partial charge in [-0.15, -0.1) is 0 Å². The van der Waals surface area contributed by atoms with E-state index in [4.69, 9.17) is 4.74 Å². The van der Waals surface area contributed by atoms with Crippen LogP contribution in [0.3, 0.4) is 0 Å². The highest BCUT2D eigenvalue weighted by atomic mass is 16.5. The van der Waals surface area contributed by atoms with E-state index >= 15 is 0 Å². The molecule has 7 nitrogen and oxygen atoms in total. The molecular formula is C28H28N2O5. The molecule has 0 aromatic heterocycles. The van der Waals surface area contributed by atoms with Crippen LogP contribution in [-0.4, -0.2) is 30.2 Å². The van der Waals surface area contributed by atoms with E-state index in [0.717, 1.165) is 22.4 Å². The number of carbonyl (C=O) groups excluding carboxylic acids is 4. The van der Waals surface area contributed by atoms with Gasteiger partial charge in [0.05, 0.1) is 23.4 Å². The molecule has 3 aliphatic rings. The summed E-state index contributed by atoms with van der Waals surface area (Å²) in [4.78, 5) is 54.4. The Kier molecular flexibility index (Phi) is 5.79. The number of anilines is 2. The fraction of sp³-hybridized carbons (Fsp3) is 0.357. The summed E-state index contributed by atoms with van der Waals surface area (Å²) in [7, 11) is 0. The first-order valence-electron chi connectivity index (χ1n) is 12.0. The zero-order valence-electron chi connectivity index (χ0n) is 20.1. The molecule has 2 saturated heterocycles. The second-order valence-electron chi connectivity index (χ2n) is 9.81. The standard InChI is InChI=1S/C28H28N2O5/c1-16-7-10-23-24(11-16)27(33)30(26(23)32)21-5-4-6-22(14-21)35-28(34)19-13-25(31)29(15-19)20-9-8-17(2)18(3)12-20/h4-9,12,14,19,23-24H,10-11,13,15H2,1-3H3/t19-,23+,24-/m1/s1. The van der Waals surface area contributed by atoms with Crippen molar-refractivity contribution in [1.82, 2.24) is 0 Å². The van der Waals surface area contributed by atoms with Gasteiger partial charge < -0.3 is 9.64 Å². The van der Waals surface area contributed by atoms with Crippen LogP contribution in [0.25, 0.3) is 0 Å². The Morgan fingerprint density at radius 2 is 1.66 bits per heavy atom. The van der Waals surface area contributed by atoms with Gasteiger partial charge in [0.1, 0.15) is 5.75 Å². The molecule has 5 rings (SSSR count). The summed E-state index contributed by atoms with van der Waals surface area (Å²) in [5.41, 5.74) is 4.51. The number of amides is 3. The maximum atomic E-state index is 13.0. The SMILES string of the molecule is CC1=CC[C@@H]2C(=O)N(c3cccc(OC(=O)[C@@H]4CC(=O)N(c5ccc(C)c(C)c5)C4)c3)C(=O)[C@@H]2C1.